The molecule has 6 saturated heterocycles. The molecule has 0 aromatic carbocycles. The Balaban J connectivity index is 1.63. The highest BCUT2D eigenvalue weighted by molar-refractivity contribution is 6.74. The standard InChI is InChI=1S/C34H60O10Si/c1-35-29-17-13-21-33(43-29,31(19-7-11-25-41-31)27-15-5-9-23-39-27)45(37-3,38-4)34(22-14-18-30(36-2)44-34)32(20-8-12-26-42-32)28-16-6-10-24-40-28/h27-30H,5-26H2,1-4H3. The Morgan fingerprint density at radius 3 is 1.27 bits per heavy atom. The van der Waals surface area contributed by atoms with Gasteiger partial charge in [0.1, 0.15) is 21.7 Å². The average Bonchev–Trinajstić information content (AvgIpc) is 3.13. The highest BCUT2D eigenvalue weighted by Gasteiger charge is 2.85. The molecule has 8 unspecified atom stereocenters. The fourth-order valence-electron chi connectivity index (χ4n) is 10.3. The van der Waals surface area contributed by atoms with Gasteiger partial charge in [-0.05, 0) is 116 Å². The lowest BCUT2D eigenvalue weighted by molar-refractivity contribution is -0.337. The summed E-state index contributed by atoms with van der Waals surface area (Å²) in [6.45, 7) is 2.71. The number of rotatable bonds is 10. The largest absolute Gasteiger partial charge is 0.410 e. The van der Waals surface area contributed by atoms with Crippen molar-refractivity contribution in [1.82, 2.24) is 0 Å². The number of ether oxygens (including phenoxy) is 8. The zero-order chi connectivity index (χ0) is 31.4. The van der Waals surface area contributed by atoms with Gasteiger partial charge in [0.25, 0.3) is 0 Å². The fourth-order valence-corrected chi connectivity index (χ4v) is 15.9. The van der Waals surface area contributed by atoms with Crippen LogP contribution in [-0.2, 0) is 46.7 Å². The molecule has 0 N–H and O–H groups in total. The first kappa shape index (κ1) is 34.7. The van der Waals surface area contributed by atoms with Gasteiger partial charge in [-0.3, -0.25) is 0 Å². The van der Waals surface area contributed by atoms with Crippen molar-refractivity contribution in [2.45, 2.75) is 162 Å². The fraction of sp³-hybridized carbons (Fsp3) is 1.00. The molecule has 0 saturated carbocycles. The topological polar surface area (TPSA) is 92.3 Å². The van der Waals surface area contributed by atoms with Crippen molar-refractivity contribution in [3.8, 4) is 0 Å². The lowest BCUT2D eigenvalue weighted by atomic mass is 9.76. The zero-order valence-electron chi connectivity index (χ0n) is 28.4. The average molecular weight is 657 g/mol. The van der Waals surface area contributed by atoms with Crippen LogP contribution in [0.25, 0.3) is 0 Å². The summed E-state index contributed by atoms with van der Waals surface area (Å²) in [6.07, 6.45) is 15.3. The Hall–Kier alpha value is -0.183. The minimum absolute atomic E-state index is 0.160. The predicted octanol–water partition coefficient (Wildman–Crippen LogP) is 5.64. The highest BCUT2D eigenvalue weighted by atomic mass is 28.4. The van der Waals surface area contributed by atoms with E-state index in [1.807, 2.05) is 14.2 Å². The maximum Gasteiger partial charge on any atom is 0.410 e. The Morgan fingerprint density at radius 2 is 0.933 bits per heavy atom. The second-order valence-electron chi connectivity index (χ2n) is 14.1. The Kier molecular flexibility index (Phi) is 11.4. The van der Waals surface area contributed by atoms with Gasteiger partial charge < -0.3 is 46.7 Å². The first-order chi connectivity index (χ1) is 22.0. The van der Waals surface area contributed by atoms with Crippen LogP contribution in [0.4, 0.5) is 0 Å². The summed E-state index contributed by atoms with van der Waals surface area (Å²) in [5.41, 5.74) is -1.61. The van der Waals surface area contributed by atoms with Crippen LogP contribution in [0.2, 0.25) is 0 Å². The minimum Gasteiger partial charge on any atom is -0.394 e. The van der Waals surface area contributed by atoms with Crippen LogP contribution >= 0.6 is 0 Å². The maximum atomic E-state index is 7.50. The van der Waals surface area contributed by atoms with Gasteiger partial charge in [-0.15, -0.1) is 0 Å². The van der Waals surface area contributed by atoms with Crippen molar-refractivity contribution in [2.24, 2.45) is 0 Å². The van der Waals surface area contributed by atoms with Gasteiger partial charge in [-0.1, -0.05) is 0 Å². The molecule has 6 heterocycles. The van der Waals surface area contributed by atoms with Crippen LogP contribution in [0.3, 0.4) is 0 Å². The van der Waals surface area contributed by atoms with Gasteiger partial charge in [0.05, 0.1) is 12.2 Å². The molecular weight excluding hydrogens is 596 g/mol. The van der Waals surface area contributed by atoms with E-state index < -0.39 is 42.8 Å². The Bertz CT molecular complexity index is 856. The summed E-state index contributed by atoms with van der Waals surface area (Å²) >= 11 is 0. The molecule has 0 radical (unpaired) electrons. The van der Waals surface area contributed by atoms with E-state index in [-0.39, 0.29) is 12.2 Å². The minimum atomic E-state index is -3.86. The van der Waals surface area contributed by atoms with Gasteiger partial charge in [0, 0.05) is 54.9 Å². The quantitative estimate of drug-likeness (QED) is 0.275. The van der Waals surface area contributed by atoms with E-state index in [1.54, 1.807) is 14.2 Å². The maximum absolute atomic E-state index is 7.50. The van der Waals surface area contributed by atoms with Gasteiger partial charge in [0.2, 0.25) is 0 Å². The molecule has 0 bridgehead atoms. The summed E-state index contributed by atoms with van der Waals surface area (Å²) in [5.74, 6) is 0. The third kappa shape index (κ3) is 5.52. The molecule has 0 aromatic rings. The second kappa shape index (κ2) is 14.7. The van der Waals surface area contributed by atoms with Gasteiger partial charge >= 0.3 is 8.56 Å². The van der Waals surface area contributed by atoms with E-state index in [9.17, 15) is 0 Å². The molecule has 45 heavy (non-hydrogen) atoms. The molecule has 0 spiro atoms. The van der Waals surface area contributed by atoms with Gasteiger partial charge in [-0.2, -0.15) is 0 Å². The van der Waals surface area contributed by atoms with Crippen molar-refractivity contribution in [2.75, 3.05) is 54.9 Å². The van der Waals surface area contributed by atoms with Gasteiger partial charge in [0.15, 0.2) is 12.6 Å². The normalized spacial score (nSPS) is 44.0. The Morgan fingerprint density at radius 1 is 0.489 bits per heavy atom. The summed E-state index contributed by atoms with van der Waals surface area (Å²) in [5, 5.41) is -2.05. The number of hydrogen-bond acceptors (Lipinski definition) is 10. The van der Waals surface area contributed by atoms with Crippen LogP contribution in [0, 0.1) is 0 Å². The first-order valence-electron chi connectivity index (χ1n) is 18.1. The SMILES string of the molecule is COC1CCCC(C2(C3CCCCO3)CCCCO2)([Si](OC)(OC)C2(C3(C4CCCCO4)CCCCO3)CCCC(OC)O2)O1. The molecule has 6 rings (SSSR count). The number of methoxy groups -OCH3 is 2. The van der Waals surface area contributed by atoms with E-state index in [0.29, 0.717) is 39.3 Å². The third-order valence-electron chi connectivity index (χ3n) is 12.1. The van der Waals surface area contributed by atoms with Crippen molar-refractivity contribution in [1.29, 1.82) is 0 Å². The van der Waals surface area contributed by atoms with Crippen molar-refractivity contribution < 1.29 is 46.7 Å². The van der Waals surface area contributed by atoms with Crippen molar-refractivity contribution in [3.63, 3.8) is 0 Å². The van der Waals surface area contributed by atoms with Crippen LogP contribution < -0.4 is 0 Å². The molecular formula is C34H60O10Si. The van der Waals surface area contributed by atoms with Crippen LogP contribution in [0.1, 0.15) is 116 Å². The molecule has 0 aliphatic carbocycles. The van der Waals surface area contributed by atoms with E-state index in [0.717, 1.165) is 103 Å². The van der Waals surface area contributed by atoms with E-state index >= 15 is 0 Å². The lowest BCUT2D eigenvalue weighted by Gasteiger charge is -2.69. The molecule has 6 aliphatic rings. The molecule has 0 amide bonds. The summed E-state index contributed by atoms with van der Waals surface area (Å²) in [4.78, 5) is 0. The molecule has 6 fully saturated rings. The molecule has 8 atom stereocenters. The predicted molar refractivity (Wildman–Crippen MR) is 169 cm³/mol. The van der Waals surface area contributed by atoms with Crippen LogP contribution in [0.5, 0.6) is 0 Å². The van der Waals surface area contributed by atoms with Crippen molar-refractivity contribution >= 4 is 8.56 Å². The smallest absolute Gasteiger partial charge is 0.394 e. The monoisotopic (exact) mass is 656 g/mol. The summed E-state index contributed by atoms with van der Waals surface area (Å²) < 4.78 is 69.4. The number of hydrogen-bond donors (Lipinski definition) is 0. The van der Waals surface area contributed by atoms with Gasteiger partial charge in [-0.25, -0.2) is 0 Å². The molecule has 10 nitrogen and oxygen atoms in total. The molecule has 11 heteroatoms. The van der Waals surface area contributed by atoms with E-state index in [2.05, 4.69) is 0 Å². The third-order valence-corrected chi connectivity index (χ3v) is 17.0. The van der Waals surface area contributed by atoms with Crippen LogP contribution in [-0.4, -0.2) is 110 Å². The second-order valence-corrected chi connectivity index (χ2v) is 17.8. The molecule has 6 aliphatic heterocycles. The van der Waals surface area contributed by atoms with E-state index in [1.165, 1.54) is 0 Å². The van der Waals surface area contributed by atoms with Crippen LogP contribution in [0.15, 0.2) is 0 Å². The molecule has 260 valence electrons. The zero-order valence-corrected chi connectivity index (χ0v) is 29.4. The lowest BCUT2D eigenvalue weighted by Crippen LogP contribution is -2.91. The highest BCUT2D eigenvalue weighted by Crippen LogP contribution is 2.62. The Labute approximate surface area is 272 Å². The van der Waals surface area contributed by atoms with E-state index in [4.69, 9.17) is 46.7 Å². The van der Waals surface area contributed by atoms with Crippen molar-refractivity contribution in [3.05, 3.63) is 0 Å². The summed E-state index contributed by atoms with van der Waals surface area (Å²) in [7, 11) is 3.25. The summed E-state index contributed by atoms with van der Waals surface area (Å²) in [6, 6.07) is 0. The first-order valence-corrected chi connectivity index (χ1v) is 19.9. The molecule has 0 aromatic heterocycles.